The Kier molecular flexibility index (Phi) is 5.45. The van der Waals surface area contributed by atoms with Crippen LogP contribution in [0.1, 0.15) is 27.4 Å². The zero-order chi connectivity index (χ0) is 19.4. The van der Waals surface area contributed by atoms with Crippen LogP contribution in [0.5, 0.6) is 11.5 Å². The summed E-state index contributed by atoms with van der Waals surface area (Å²) in [6, 6.07) is 14.5. The summed E-state index contributed by atoms with van der Waals surface area (Å²) in [7, 11) is 3.30. The minimum absolute atomic E-state index is 0.151. The number of anilines is 1. The number of hydrogen-bond donors (Lipinski definition) is 0. The van der Waals surface area contributed by atoms with Crippen LogP contribution < -0.4 is 14.4 Å². The van der Waals surface area contributed by atoms with Crippen molar-refractivity contribution >= 4 is 11.6 Å². The van der Waals surface area contributed by atoms with E-state index in [1.165, 1.54) is 0 Å². The molecule has 2 aromatic carbocycles. The minimum Gasteiger partial charge on any atom is -0.495 e. The van der Waals surface area contributed by atoms with Gasteiger partial charge in [-0.15, -0.1) is 0 Å². The third-order valence-corrected chi connectivity index (χ3v) is 4.40. The average Bonchev–Trinajstić information content (AvgIpc) is 3.03. The zero-order valence-electron chi connectivity index (χ0n) is 15.9. The van der Waals surface area contributed by atoms with Crippen molar-refractivity contribution in [3.05, 3.63) is 71.1 Å². The number of benzene rings is 2. The minimum atomic E-state index is -0.151. The van der Waals surface area contributed by atoms with Gasteiger partial charge in [-0.25, -0.2) is 0 Å². The van der Waals surface area contributed by atoms with Gasteiger partial charge < -0.3 is 18.9 Å². The first-order valence-corrected chi connectivity index (χ1v) is 8.57. The number of aromatic nitrogens is 1. The second-order valence-corrected chi connectivity index (χ2v) is 6.16. The van der Waals surface area contributed by atoms with Gasteiger partial charge in [0.05, 0.1) is 24.1 Å². The summed E-state index contributed by atoms with van der Waals surface area (Å²) in [4.78, 5) is 14.5. The molecule has 1 amide bonds. The molecule has 3 rings (SSSR count). The zero-order valence-corrected chi connectivity index (χ0v) is 15.9. The highest BCUT2D eigenvalue weighted by atomic mass is 16.5. The number of aryl methyl sites for hydroxylation is 2. The van der Waals surface area contributed by atoms with Crippen LogP contribution >= 0.6 is 0 Å². The molecule has 0 aliphatic carbocycles. The standard InChI is InChI=1S/C21H22N2O4/c1-14-18(15(2)27-22-14)13-26-17-9-7-8-16(12-17)21(24)23(3)19-10-5-6-11-20(19)25-4/h5-12H,13H2,1-4H3. The molecule has 3 aromatic rings. The van der Waals surface area contributed by atoms with E-state index in [2.05, 4.69) is 5.16 Å². The van der Waals surface area contributed by atoms with Gasteiger partial charge in [0.1, 0.15) is 23.9 Å². The van der Waals surface area contributed by atoms with E-state index in [0.29, 0.717) is 29.4 Å². The first-order valence-electron chi connectivity index (χ1n) is 8.57. The number of carbonyl (C=O) groups is 1. The number of amides is 1. The molecule has 0 N–H and O–H groups in total. The second kappa shape index (κ2) is 7.95. The van der Waals surface area contributed by atoms with Crippen molar-refractivity contribution < 1.29 is 18.8 Å². The van der Waals surface area contributed by atoms with Gasteiger partial charge in [0, 0.05) is 12.6 Å². The van der Waals surface area contributed by atoms with Crippen molar-refractivity contribution in [1.82, 2.24) is 5.16 Å². The molecular weight excluding hydrogens is 344 g/mol. The maximum Gasteiger partial charge on any atom is 0.258 e. The van der Waals surface area contributed by atoms with Gasteiger partial charge in [0.15, 0.2) is 0 Å². The molecular formula is C21H22N2O4. The number of nitrogens with zero attached hydrogens (tertiary/aromatic N) is 2. The summed E-state index contributed by atoms with van der Waals surface area (Å²) in [5.74, 6) is 1.83. The Morgan fingerprint density at radius 2 is 1.93 bits per heavy atom. The number of carbonyl (C=O) groups excluding carboxylic acids is 1. The van der Waals surface area contributed by atoms with Crippen LogP contribution in [0.3, 0.4) is 0 Å². The second-order valence-electron chi connectivity index (χ2n) is 6.16. The normalized spacial score (nSPS) is 10.5. The summed E-state index contributed by atoms with van der Waals surface area (Å²) >= 11 is 0. The first-order chi connectivity index (χ1) is 13.0. The van der Waals surface area contributed by atoms with Crippen LogP contribution in [0.4, 0.5) is 5.69 Å². The first kappa shape index (κ1) is 18.5. The predicted molar refractivity (Wildman–Crippen MR) is 102 cm³/mol. The number of para-hydroxylation sites is 2. The van der Waals surface area contributed by atoms with Gasteiger partial charge in [-0.1, -0.05) is 23.4 Å². The number of ether oxygens (including phenoxy) is 2. The molecule has 6 heteroatoms. The summed E-state index contributed by atoms with van der Waals surface area (Å²) in [6.45, 7) is 4.05. The Morgan fingerprint density at radius 3 is 2.63 bits per heavy atom. The van der Waals surface area contributed by atoms with Crippen molar-refractivity contribution in [2.45, 2.75) is 20.5 Å². The molecule has 0 saturated carbocycles. The Balaban J connectivity index is 1.77. The van der Waals surface area contributed by atoms with Crippen LogP contribution in [-0.4, -0.2) is 25.2 Å². The van der Waals surface area contributed by atoms with Crippen molar-refractivity contribution in [2.24, 2.45) is 0 Å². The van der Waals surface area contributed by atoms with E-state index >= 15 is 0 Å². The molecule has 27 heavy (non-hydrogen) atoms. The van der Waals surface area contributed by atoms with Crippen LogP contribution in [0.2, 0.25) is 0 Å². The molecule has 0 unspecified atom stereocenters. The molecule has 0 fully saturated rings. The van der Waals surface area contributed by atoms with Gasteiger partial charge in [-0.3, -0.25) is 4.79 Å². The summed E-state index contributed by atoms with van der Waals surface area (Å²) in [5.41, 5.74) is 2.94. The van der Waals surface area contributed by atoms with E-state index in [1.54, 1.807) is 37.3 Å². The van der Waals surface area contributed by atoms with Crippen LogP contribution in [0.25, 0.3) is 0 Å². The topological polar surface area (TPSA) is 64.8 Å². The van der Waals surface area contributed by atoms with Gasteiger partial charge >= 0.3 is 0 Å². The van der Waals surface area contributed by atoms with E-state index in [4.69, 9.17) is 14.0 Å². The summed E-state index contributed by atoms with van der Waals surface area (Å²) < 4.78 is 16.3. The molecule has 140 valence electrons. The van der Waals surface area contributed by atoms with Crippen molar-refractivity contribution in [3.63, 3.8) is 0 Å². The fourth-order valence-corrected chi connectivity index (χ4v) is 2.79. The molecule has 1 heterocycles. The van der Waals surface area contributed by atoms with Crippen molar-refractivity contribution in [3.8, 4) is 11.5 Å². The maximum absolute atomic E-state index is 12.9. The quantitative estimate of drug-likeness (QED) is 0.655. The summed E-state index contributed by atoms with van der Waals surface area (Å²) in [6.07, 6.45) is 0. The molecule has 6 nitrogen and oxygen atoms in total. The van der Waals surface area contributed by atoms with Crippen LogP contribution in [-0.2, 0) is 6.61 Å². The van der Waals surface area contributed by atoms with Crippen molar-refractivity contribution in [1.29, 1.82) is 0 Å². The number of rotatable bonds is 6. The molecule has 0 bridgehead atoms. The van der Waals surface area contributed by atoms with Crippen LogP contribution in [0.15, 0.2) is 53.1 Å². The Morgan fingerprint density at radius 1 is 1.15 bits per heavy atom. The van der Waals surface area contributed by atoms with Gasteiger partial charge in [0.2, 0.25) is 0 Å². The third-order valence-electron chi connectivity index (χ3n) is 4.40. The molecule has 0 radical (unpaired) electrons. The Hall–Kier alpha value is -3.28. The lowest BCUT2D eigenvalue weighted by molar-refractivity contribution is 0.0992. The fraction of sp³-hybridized carbons (Fsp3) is 0.238. The monoisotopic (exact) mass is 366 g/mol. The fourth-order valence-electron chi connectivity index (χ4n) is 2.79. The molecule has 0 aliphatic heterocycles. The van der Waals surface area contributed by atoms with Crippen LogP contribution in [0, 0.1) is 13.8 Å². The van der Waals surface area contributed by atoms with E-state index in [0.717, 1.165) is 17.0 Å². The number of hydrogen-bond acceptors (Lipinski definition) is 5. The number of methoxy groups -OCH3 is 1. The van der Waals surface area contributed by atoms with E-state index < -0.39 is 0 Å². The average molecular weight is 366 g/mol. The highest BCUT2D eigenvalue weighted by Gasteiger charge is 2.17. The van der Waals surface area contributed by atoms with Gasteiger partial charge in [-0.05, 0) is 44.2 Å². The van der Waals surface area contributed by atoms with E-state index in [-0.39, 0.29) is 5.91 Å². The van der Waals surface area contributed by atoms with E-state index in [9.17, 15) is 4.79 Å². The Bertz CT molecular complexity index is 929. The van der Waals surface area contributed by atoms with Gasteiger partial charge in [0.25, 0.3) is 5.91 Å². The third kappa shape index (κ3) is 3.95. The predicted octanol–water partition coefficient (Wildman–Crippen LogP) is 4.16. The maximum atomic E-state index is 12.9. The lowest BCUT2D eigenvalue weighted by Gasteiger charge is -2.20. The molecule has 1 aromatic heterocycles. The lowest BCUT2D eigenvalue weighted by atomic mass is 10.1. The smallest absolute Gasteiger partial charge is 0.258 e. The highest BCUT2D eigenvalue weighted by Crippen LogP contribution is 2.28. The Labute approximate surface area is 158 Å². The lowest BCUT2D eigenvalue weighted by Crippen LogP contribution is -2.26. The van der Waals surface area contributed by atoms with E-state index in [1.807, 2.05) is 44.2 Å². The highest BCUT2D eigenvalue weighted by molar-refractivity contribution is 6.06. The molecule has 0 spiro atoms. The van der Waals surface area contributed by atoms with Crippen molar-refractivity contribution in [2.75, 3.05) is 19.1 Å². The molecule has 0 saturated heterocycles. The summed E-state index contributed by atoms with van der Waals surface area (Å²) in [5, 5.41) is 3.92. The molecule has 0 atom stereocenters. The molecule has 0 aliphatic rings. The largest absolute Gasteiger partial charge is 0.495 e. The SMILES string of the molecule is COc1ccccc1N(C)C(=O)c1cccc(OCc2c(C)noc2C)c1. The van der Waals surface area contributed by atoms with Gasteiger partial charge in [-0.2, -0.15) is 0 Å².